The lowest BCUT2D eigenvalue weighted by Gasteiger charge is -2.31. The monoisotopic (exact) mass is 441 g/mol. The normalized spacial score (nSPS) is 16.9. The third-order valence-electron chi connectivity index (χ3n) is 5.55. The van der Waals surface area contributed by atoms with Crippen LogP contribution in [0, 0.1) is 11.7 Å². The average molecular weight is 442 g/mol. The van der Waals surface area contributed by atoms with Crippen LogP contribution in [0.1, 0.15) is 26.3 Å². The molecule has 32 heavy (non-hydrogen) atoms. The molecule has 0 saturated carbocycles. The number of anilines is 2. The summed E-state index contributed by atoms with van der Waals surface area (Å²) in [7, 11) is 1.65. The van der Waals surface area contributed by atoms with E-state index in [0.717, 1.165) is 5.56 Å². The van der Waals surface area contributed by atoms with Crippen molar-refractivity contribution in [1.82, 2.24) is 15.6 Å². The SMILES string of the molecule is CNC(C)C(=O)NC(C(=O)N1c2ncccc2CC1C(=O)Nc1ccccc1F)C(C)C. The first kappa shape index (κ1) is 23.3. The van der Waals surface area contributed by atoms with Crippen LogP contribution in [0.25, 0.3) is 0 Å². The number of nitrogens with one attached hydrogen (secondary N) is 3. The smallest absolute Gasteiger partial charge is 0.251 e. The van der Waals surface area contributed by atoms with Crippen molar-refractivity contribution in [2.45, 2.75) is 45.3 Å². The molecule has 0 radical (unpaired) electrons. The fourth-order valence-corrected chi connectivity index (χ4v) is 3.57. The number of carbonyl (C=O) groups excluding carboxylic acids is 3. The second kappa shape index (κ2) is 9.86. The van der Waals surface area contributed by atoms with Gasteiger partial charge in [0.1, 0.15) is 23.7 Å². The van der Waals surface area contributed by atoms with Crippen LogP contribution >= 0.6 is 0 Å². The van der Waals surface area contributed by atoms with Crippen molar-refractivity contribution in [2.24, 2.45) is 5.92 Å². The fraction of sp³-hybridized carbons (Fsp3) is 0.391. The van der Waals surface area contributed by atoms with E-state index in [0.29, 0.717) is 5.82 Å². The molecule has 3 N–H and O–H groups in total. The van der Waals surface area contributed by atoms with Gasteiger partial charge in [-0.15, -0.1) is 0 Å². The van der Waals surface area contributed by atoms with Gasteiger partial charge in [0.05, 0.1) is 11.7 Å². The number of para-hydroxylation sites is 1. The third kappa shape index (κ3) is 4.77. The van der Waals surface area contributed by atoms with Crippen LogP contribution in [0.15, 0.2) is 42.6 Å². The van der Waals surface area contributed by atoms with E-state index in [4.69, 9.17) is 0 Å². The number of rotatable bonds is 7. The van der Waals surface area contributed by atoms with Crippen molar-refractivity contribution in [3.8, 4) is 0 Å². The number of fused-ring (bicyclic) bond motifs is 1. The Hall–Kier alpha value is -3.33. The predicted octanol–water partition coefficient (Wildman–Crippen LogP) is 1.87. The van der Waals surface area contributed by atoms with Crippen molar-refractivity contribution < 1.29 is 18.8 Å². The Morgan fingerprint density at radius 1 is 1.12 bits per heavy atom. The Morgan fingerprint density at radius 2 is 1.84 bits per heavy atom. The van der Waals surface area contributed by atoms with E-state index >= 15 is 0 Å². The van der Waals surface area contributed by atoms with Crippen LogP contribution in [-0.2, 0) is 20.8 Å². The molecular formula is C23H28FN5O3. The third-order valence-corrected chi connectivity index (χ3v) is 5.55. The van der Waals surface area contributed by atoms with E-state index in [1.54, 1.807) is 38.4 Å². The number of aromatic nitrogens is 1. The number of hydrogen-bond acceptors (Lipinski definition) is 5. The lowest BCUT2D eigenvalue weighted by atomic mass is 10.0. The Balaban J connectivity index is 1.91. The molecule has 0 aliphatic carbocycles. The number of benzene rings is 1. The molecule has 2 aromatic rings. The van der Waals surface area contributed by atoms with Crippen LogP contribution < -0.4 is 20.9 Å². The van der Waals surface area contributed by atoms with Crippen molar-refractivity contribution in [3.63, 3.8) is 0 Å². The zero-order chi connectivity index (χ0) is 23.4. The Labute approximate surface area is 186 Å². The largest absolute Gasteiger partial charge is 0.343 e. The lowest BCUT2D eigenvalue weighted by molar-refractivity contribution is -0.130. The number of hydrogen-bond donors (Lipinski definition) is 3. The van der Waals surface area contributed by atoms with Crippen molar-refractivity contribution in [1.29, 1.82) is 0 Å². The van der Waals surface area contributed by atoms with Gasteiger partial charge < -0.3 is 16.0 Å². The highest BCUT2D eigenvalue weighted by Gasteiger charge is 2.43. The molecule has 0 spiro atoms. The maximum absolute atomic E-state index is 14.1. The van der Waals surface area contributed by atoms with Gasteiger partial charge in [0, 0.05) is 12.6 Å². The summed E-state index contributed by atoms with van der Waals surface area (Å²) in [5, 5.41) is 8.20. The molecular weight excluding hydrogens is 413 g/mol. The lowest BCUT2D eigenvalue weighted by Crippen LogP contribution is -2.57. The van der Waals surface area contributed by atoms with Crippen LogP contribution in [0.3, 0.4) is 0 Å². The van der Waals surface area contributed by atoms with Crippen molar-refractivity contribution in [3.05, 3.63) is 54.0 Å². The Morgan fingerprint density at radius 3 is 2.50 bits per heavy atom. The molecule has 3 atom stereocenters. The van der Waals surface area contributed by atoms with Gasteiger partial charge in [0.2, 0.25) is 11.8 Å². The Bertz CT molecular complexity index is 1010. The van der Waals surface area contributed by atoms with Crippen LogP contribution in [0.2, 0.25) is 0 Å². The van der Waals surface area contributed by atoms with Gasteiger partial charge in [-0.2, -0.15) is 0 Å². The first-order valence-electron chi connectivity index (χ1n) is 10.5. The maximum Gasteiger partial charge on any atom is 0.251 e. The van der Waals surface area contributed by atoms with E-state index < -0.39 is 35.8 Å². The number of halogens is 1. The molecule has 2 heterocycles. The van der Waals surface area contributed by atoms with E-state index in [1.807, 2.05) is 13.8 Å². The topological polar surface area (TPSA) is 103 Å². The number of nitrogens with zero attached hydrogens (tertiary/aromatic N) is 2. The summed E-state index contributed by atoms with van der Waals surface area (Å²) in [5.74, 6) is -1.74. The second-order valence-electron chi connectivity index (χ2n) is 8.12. The zero-order valence-electron chi connectivity index (χ0n) is 18.6. The molecule has 170 valence electrons. The molecule has 8 nitrogen and oxygen atoms in total. The predicted molar refractivity (Wildman–Crippen MR) is 120 cm³/mol. The van der Waals surface area contributed by atoms with Gasteiger partial charge in [-0.05, 0) is 43.7 Å². The van der Waals surface area contributed by atoms with Gasteiger partial charge in [-0.3, -0.25) is 19.3 Å². The Kier molecular flexibility index (Phi) is 7.19. The minimum Gasteiger partial charge on any atom is -0.343 e. The summed E-state index contributed by atoms with van der Waals surface area (Å²) < 4.78 is 14.1. The first-order chi connectivity index (χ1) is 15.2. The average Bonchev–Trinajstić information content (AvgIpc) is 3.17. The molecule has 0 bridgehead atoms. The molecule has 3 amide bonds. The van der Waals surface area contributed by atoms with Gasteiger partial charge in [-0.1, -0.05) is 32.0 Å². The van der Waals surface area contributed by atoms with Gasteiger partial charge in [0.25, 0.3) is 5.91 Å². The van der Waals surface area contributed by atoms with Gasteiger partial charge in [-0.25, -0.2) is 9.37 Å². The fourth-order valence-electron chi connectivity index (χ4n) is 3.57. The second-order valence-corrected chi connectivity index (χ2v) is 8.12. The van der Waals surface area contributed by atoms with E-state index in [9.17, 15) is 18.8 Å². The highest BCUT2D eigenvalue weighted by Crippen LogP contribution is 2.32. The molecule has 3 unspecified atom stereocenters. The molecule has 0 fully saturated rings. The minimum atomic E-state index is -0.924. The zero-order valence-corrected chi connectivity index (χ0v) is 18.6. The summed E-state index contributed by atoms with van der Waals surface area (Å²) in [4.78, 5) is 44.9. The molecule has 1 aromatic heterocycles. The van der Waals surface area contributed by atoms with E-state index in [1.165, 1.54) is 23.1 Å². The summed E-state index contributed by atoms with van der Waals surface area (Å²) in [5.41, 5.74) is 0.761. The van der Waals surface area contributed by atoms with Gasteiger partial charge >= 0.3 is 0 Å². The van der Waals surface area contributed by atoms with E-state index in [2.05, 4.69) is 20.9 Å². The number of amides is 3. The number of pyridine rings is 1. The summed E-state index contributed by atoms with van der Waals surface area (Å²) in [6.45, 7) is 5.32. The molecule has 1 aromatic carbocycles. The summed E-state index contributed by atoms with van der Waals surface area (Å²) in [6.07, 6.45) is 1.78. The molecule has 1 aliphatic heterocycles. The summed E-state index contributed by atoms with van der Waals surface area (Å²) >= 11 is 0. The molecule has 0 saturated heterocycles. The highest BCUT2D eigenvalue weighted by molar-refractivity contribution is 6.09. The highest BCUT2D eigenvalue weighted by atomic mass is 19.1. The van der Waals surface area contributed by atoms with Crippen LogP contribution in [-0.4, -0.2) is 47.9 Å². The molecule has 9 heteroatoms. The number of likely N-dealkylation sites (N-methyl/N-ethyl adjacent to an activating group) is 1. The van der Waals surface area contributed by atoms with Crippen LogP contribution in [0.4, 0.5) is 15.9 Å². The minimum absolute atomic E-state index is 0.0328. The summed E-state index contributed by atoms with van der Waals surface area (Å²) in [6, 6.07) is 7.08. The van der Waals surface area contributed by atoms with Crippen molar-refractivity contribution >= 4 is 29.2 Å². The van der Waals surface area contributed by atoms with E-state index in [-0.39, 0.29) is 23.9 Å². The standard InChI is InChI=1S/C23H28FN5O3/c1-13(2)19(28-21(30)14(3)25-4)23(32)29-18(12-15-8-7-11-26-20(15)29)22(31)27-17-10-6-5-9-16(17)24/h5-11,13-14,18-19,25H,12H2,1-4H3,(H,27,31)(H,28,30). The quantitative estimate of drug-likeness (QED) is 0.609. The van der Waals surface area contributed by atoms with Crippen LogP contribution in [0.5, 0.6) is 0 Å². The van der Waals surface area contributed by atoms with Crippen molar-refractivity contribution in [2.75, 3.05) is 17.3 Å². The molecule has 3 rings (SSSR count). The molecule has 1 aliphatic rings. The maximum atomic E-state index is 14.1. The number of carbonyl (C=O) groups is 3. The van der Waals surface area contributed by atoms with Gasteiger partial charge in [0.15, 0.2) is 0 Å². The first-order valence-corrected chi connectivity index (χ1v) is 10.5.